The summed E-state index contributed by atoms with van der Waals surface area (Å²) in [5, 5.41) is 0. The van der Waals surface area contributed by atoms with E-state index in [0.717, 1.165) is 6.54 Å². The van der Waals surface area contributed by atoms with Gasteiger partial charge in [0.2, 0.25) is 0 Å². The van der Waals surface area contributed by atoms with E-state index < -0.39 is 0 Å². The van der Waals surface area contributed by atoms with E-state index in [1.165, 1.54) is 31.9 Å². The summed E-state index contributed by atoms with van der Waals surface area (Å²) in [5.41, 5.74) is 1.64. The molecule has 0 aromatic carbocycles. The average Bonchev–Trinajstić information content (AvgIpc) is 2.70. The van der Waals surface area contributed by atoms with Crippen LogP contribution in [0.2, 0.25) is 0 Å². The molecule has 3 nitrogen and oxygen atoms in total. The fourth-order valence-corrected chi connectivity index (χ4v) is 2.28. The third kappa shape index (κ3) is 2.86. The summed E-state index contributed by atoms with van der Waals surface area (Å²) >= 11 is 0. The van der Waals surface area contributed by atoms with Crippen LogP contribution >= 0.6 is 0 Å². The van der Waals surface area contributed by atoms with Crippen molar-refractivity contribution in [2.24, 2.45) is 0 Å². The van der Waals surface area contributed by atoms with Gasteiger partial charge in [-0.3, -0.25) is 9.80 Å². The van der Waals surface area contributed by atoms with Gasteiger partial charge in [-0.1, -0.05) is 0 Å². The van der Waals surface area contributed by atoms with Gasteiger partial charge in [0.15, 0.2) is 0 Å². The highest BCUT2D eigenvalue weighted by atomic mass is 15.3. The van der Waals surface area contributed by atoms with Crippen molar-refractivity contribution in [3.63, 3.8) is 0 Å². The molecule has 1 saturated heterocycles. The summed E-state index contributed by atoms with van der Waals surface area (Å²) in [6, 6.07) is 4.23. The number of piperazine rings is 1. The number of aromatic nitrogens is 1. The van der Waals surface area contributed by atoms with Crippen LogP contribution in [0.25, 0.3) is 0 Å². The van der Waals surface area contributed by atoms with Crippen molar-refractivity contribution in [3.05, 3.63) is 24.0 Å². The molecule has 1 aromatic rings. The Labute approximate surface area is 98.4 Å². The number of hydrogen-bond donors (Lipinski definition) is 1. The van der Waals surface area contributed by atoms with Crippen molar-refractivity contribution in [1.29, 1.82) is 0 Å². The molecular weight excluding hydrogens is 198 g/mol. The van der Waals surface area contributed by atoms with E-state index in [1.807, 2.05) is 6.20 Å². The number of nitrogens with zero attached hydrogens (tertiary/aromatic N) is 2. The lowest BCUT2D eigenvalue weighted by atomic mass is 10.0. The molecule has 0 aliphatic carbocycles. The van der Waals surface area contributed by atoms with Gasteiger partial charge in [0.1, 0.15) is 0 Å². The predicted molar refractivity (Wildman–Crippen MR) is 67.4 cm³/mol. The topological polar surface area (TPSA) is 22.3 Å². The molecule has 0 atom stereocenters. The van der Waals surface area contributed by atoms with Crippen LogP contribution in [0.15, 0.2) is 18.3 Å². The molecular formula is C13H23N3. The molecule has 1 fully saturated rings. The van der Waals surface area contributed by atoms with Gasteiger partial charge in [0, 0.05) is 50.2 Å². The largest absolute Gasteiger partial charge is 0.364 e. The molecule has 0 amide bonds. The third-order valence-electron chi connectivity index (χ3n) is 3.38. The zero-order valence-corrected chi connectivity index (χ0v) is 10.7. The van der Waals surface area contributed by atoms with E-state index in [1.54, 1.807) is 0 Å². The molecule has 0 saturated carbocycles. The molecule has 1 aliphatic rings. The molecule has 0 radical (unpaired) electrons. The lowest BCUT2D eigenvalue weighted by molar-refractivity contribution is 0.0586. The van der Waals surface area contributed by atoms with E-state index in [9.17, 15) is 0 Å². The summed E-state index contributed by atoms with van der Waals surface area (Å²) in [6.07, 6.45) is 2.00. The minimum Gasteiger partial charge on any atom is -0.364 e. The van der Waals surface area contributed by atoms with E-state index in [-0.39, 0.29) is 0 Å². The second kappa shape index (κ2) is 4.60. The Morgan fingerprint density at radius 3 is 2.38 bits per heavy atom. The molecule has 0 bridgehead atoms. The van der Waals surface area contributed by atoms with Crippen molar-refractivity contribution in [3.8, 4) is 0 Å². The maximum atomic E-state index is 3.27. The average molecular weight is 221 g/mol. The number of H-pyrrole nitrogens is 1. The number of hydrogen-bond acceptors (Lipinski definition) is 2. The van der Waals surface area contributed by atoms with Crippen molar-refractivity contribution in [1.82, 2.24) is 14.8 Å². The molecule has 16 heavy (non-hydrogen) atoms. The van der Waals surface area contributed by atoms with Crippen LogP contribution in [0.4, 0.5) is 0 Å². The van der Waals surface area contributed by atoms with Crippen LogP contribution in [0.3, 0.4) is 0 Å². The lowest BCUT2D eigenvalue weighted by Crippen LogP contribution is -2.53. The van der Waals surface area contributed by atoms with E-state index in [4.69, 9.17) is 0 Å². The predicted octanol–water partition coefficient (Wildman–Crippen LogP) is 1.93. The van der Waals surface area contributed by atoms with Crippen LogP contribution in [0.1, 0.15) is 26.5 Å². The maximum Gasteiger partial charge on any atom is 0.0386 e. The second-order valence-corrected chi connectivity index (χ2v) is 5.63. The first-order chi connectivity index (χ1) is 7.55. The molecule has 2 heterocycles. The van der Waals surface area contributed by atoms with Gasteiger partial charge in [-0.2, -0.15) is 0 Å². The van der Waals surface area contributed by atoms with E-state index >= 15 is 0 Å². The van der Waals surface area contributed by atoms with Crippen molar-refractivity contribution in [2.45, 2.75) is 32.9 Å². The fraction of sp³-hybridized carbons (Fsp3) is 0.692. The highest BCUT2D eigenvalue weighted by molar-refractivity contribution is 5.03. The van der Waals surface area contributed by atoms with Gasteiger partial charge in [0.25, 0.3) is 0 Å². The van der Waals surface area contributed by atoms with Gasteiger partial charge >= 0.3 is 0 Å². The molecule has 0 spiro atoms. The molecule has 1 aromatic heterocycles. The number of nitrogens with one attached hydrogen (secondary N) is 1. The first-order valence-electron chi connectivity index (χ1n) is 6.15. The van der Waals surface area contributed by atoms with Gasteiger partial charge in [-0.05, 0) is 32.9 Å². The second-order valence-electron chi connectivity index (χ2n) is 5.63. The minimum atomic E-state index is 0.318. The summed E-state index contributed by atoms with van der Waals surface area (Å²) in [4.78, 5) is 8.36. The molecule has 0 unspecified atom stereocenters. The van der Waals surface area contributed by atoms with Crippen molar-refractivity contribution in [2.75, 3.05) is 26.2 Å². The molecule has 2 rings (SSSR count). The fourth-order valence-electron chi connectivity index (χ4n) is 2.28. The number of rotatable bonds is 2. The highest BCUT2D eigenvalue weighted by Gasteiger charge is 2.25. The van der Waals surface area contributed by atoms with Crippen LogP contribution < -0.4 is 0 Å². The molecule has 1 aliphatic heterocycles. The SMILES string of the molecule is CC(C)(C)N1CCN(Cc2ccc[nH]2)CC1. The summed E-state index contributed by atoms with van der Waals surface area (Å²) < 4.78 is 0. The zero-order chi connectivity index (χ0) is 11.6. The normalized spacial score (nSPS) is 20.2. The first-order valence-corrected chi connectivity index (χ1v) is 6.15. The molecule has 1 N–H and O–H groups in total. The Hall–Kier alpha value is -0.800. The smallest absolute Gasteiger partial charge is 0.0386 e. The summed E-state index contributed by atoms with van der Waals surface area (Å²) in [6.45, 7) is 12.7. The van der Waals surface area contributed by atoms with Crippen LogP contribution in [-0.2, 0) is 6.54 Å². The maximum absolute atomic E-state index is 3.27. The zero-order valence-electron chi connectivity index (χ0n) is 10.7. The minimum absolute atomic E-state index is 0.318. The van der Waals surface area contributed by atoms with E-state index in [0.29, 0.717) is 5.54 Å². The monoisotopic (exact) mass is 221 g/mol. The number of aromatic amines is 1. The van der Waals surface area contributed by atoms with Crippen molar-refractivity contribution < 1.29 is 0 Å². The van der Waals surface area contributed by atoms with Gasteiger partial charge in [-0.25, -0.2) is 0 Å². The van der Waals surface area contributed by atoms with Crippen molar-refractivity contribution >= 4 is 0 Å². The van der Waals surface area contributed by atoms with Crippen LogP contribution in [0, 0.1) is 0 Å². The summed E-state index contributed by atoms with van der Waals surface area (Å²) in [5.74, 6) is 0. The molecule has 3 heteroatoms. The Balaban J connectivity index is 1.82. The Morgan fingerprint density at radius 1 is 1.19 bits per heavy atom. The molecule has 90 valence electrons. The Bertz CT molecular complexity index is 302. The quantitative estimate of drug-likeness (QED) is 0.824. The highest BCUT2D eigenvalue weighted by Crippen LogP contribution is 2.16. The Kier molecular flexibility index (Phi) is 3.36. The van der Waals surface area contributed by atoms with Gasteiger partial charge in [0.05, 0.1) is 0 Å². The standard InChI is InChI=1S/C13H23N3/c1-13(2,3)16-9-7-15(8-10-16)11-12-5-4-6-14-12/h4-6,14H,7-11H2,1-3H3. The summed E-state index contributed by atoms with van der Waals surface area (Å²) in [7, 11) is 0. The first kappa shape index (κ1) is 11.7. The van der Waals surface area contributed by atoms with Gasteiger partial charge < -0.3 is 4.98 Å². The van der Waals surface area contributed by atoms with E-state index in [2.05, 4.69) is 47.7 Å². The lowest BCUT2D eigenvalue weighted by Gasteiger charge is -2.42. The van der Waals surface area contributed by atoms with Crippen LogP contribution in [0.5, 0.6) is 0 Å². The third-order valence-corrected chi connectivity index (χ3v) is 3.38. The van der Waals surface area contributed by atoms with Crippen LogP contribution in [-0.4, -0.2) is 46.5 Å². The van der Waals surface area contributed by atoms with Gasteiger partial charge in [-0.15, -0.1) is 0 Å². The Morgan fingerprint density at radius 2 is 1.88 bits per heavy atom.